The van der Waals surface area contributed by atoms with Gasteiger partial charge in [-0.2, -0.15) is 0 Å². The van der Waals surface area contributed by atoms with Crippen LogP contribution >= 0.6 is 0 Å². The van der Waals surface area contributed by atoms with Gasteiger partial charge in [-0.25, -0.2) is 9.59 Å². The number of non-ortho nitro benzene ring substituents is 1. The molecule has 116 valence electrons. The highest BCUT2D eigenvalue weighted by atomic mass is 16.6. The van der Waals surface area contributed by atoms with Crippen molar-refractivity contribution in [3.8, 4) is 0 Å². The van der Waals surface area contributed by atoms with Gasteiger partial charge in [-0.05, 0) is 30.3 Å². The molecule has 0 saturated heterocycles. The van der Waals surface area contributed by atoms with Crippen LogP contribution in [0.15, 0.2) is 42.5 Å². The Morgan fingerprint density at radius 1 is 0.826 bits per heavy atom. The second kappa shape index (κ2) is 6.06. The van der Waals surface area contributed by atoms with Crippen LogP contribution in [0.1, 0.15) is 36.6 Å². The van der Waals surface area contributed by atoms with E-state index in [1.54, 1.807) is 0 Å². The first-order valence-corrected chi connectivity index (χ1v) is 6.21. The minimum atomic E-state index is -1.45. The van der Waals surface area contributed by atoms with Crippen LogP contribution in [0.3, 0.4) is 0 Å². The molecule has 0 saturated carbocycles. The van der Waals surface area contributed by atoms with E-state index in [0.717, 1.165) is 30.3 Å². The first kappa shape index (κ1) is 15.8. The molecule has 0 atom stereocenters. The number of nitrogens with zero attached hydrogens (tertiary/aromatic N) is 1. The van der Waals surface area contributed by atoms with Crippen LogP contribution < -0.4 is 0 Å². The molecule has 0 fully saturated rings. The van der Waals surface area contributed by atoms with Gasteiger partial charge in [0.05, 0.1) is 16.1 Å². The van der Waals surface area contributed by atoms with Gasteiger partial charge in [0.1, 0.15) is 0 Å². The Balaban J connectivity index is 2.48. The molecule has 0 aliphatic rings. The molecular weight excluding hydrogens is 306 g/mol. The van der Waals surface area contributed by atoms with Gasteiger partial charge >= 0.3 is 11.9 Å². The van der Waals surface area contributed by atoms with E-state index in [2.05, 4.69) is 0 Å². The SMILES string of the molecule is O=C(O)c1ccc(C(=O)c2ccc([N+](=O)[O-])cc2)c(C(=O)O)c1. The molecule has 2 aromatic carbocycles. The Kier molecular flexibility index (Phi) is 4.17. The van der Waals surface area contributed by atoms with E-state index < -0.39 is 28.2 Å². The quantitative estimate of drug-likeness (QED) is 0.490. The smallest absolute Gasteiger partial charge is 0.336 e. The minimum Gasteiger partial charge on any atom is -0.478 e. The van der Waals surface area contributed by atoms with Crippen molar-refractivity contribution in [2.45, 2.75) is 0 Å². The number of carbonyl (C=O) groups excluding carboxylic acids is 1. The minimum absolute atomic E-state index is 0.0566. The third kappa shape index (κ3) is 3.21. The molecule has 0 aliphatic carbocycles. The van der Waals surface area contributed by atoms with Crippen molar-refractivity contribution in [3.05, 3.63) is 74.8 Å². The lowest BCUT2D eigenvalue weighted by Crippen LogP contribution is -2.11. The molecule has 0 spiro atoms. The van der Waals surface area contributed by atoms with Crippen molar-refractivity contribution in [1.82, 2.24) is 0 Å². The van der Waals surface area contributed by atoms with Crippen molar-refractivity contribution >= 4 is 23.4 Å². The zero-order valence-corrected chi connectivity index (χ0v) is 11.4. The maximum atomic E-state index is 12.4. The number of hydrogen-bond acceptors (Lipinski definition) is 5. The Bertz CT molecular complexity index is 824. The topological polar surface area (TPSA) is 135 Å². The highest BCUT2D eigenvalue weighted by Gasteiger charge is 2.20. The highest BCUT2D eigenvalue weighted by Crippen LogP contribution is 2.19. The van der Waals surface area contributed by atoms with Gasteiger partial charge < -0.3 is 10.2 Å². The predicted octanol–water partition coefficient (Wildman–Crippen LogP) is 2.22. The number of carbonyl (C=O) groups is 3. The van der Waals surface area contributed by atoms with Crippen molar-refractivity contribution in [1.29, 1.82) is 0 Å². The van der Waals surface area contributed by atoms with Crippen LogP contribution in [0.5, 0.6) is 0 Å². The van der Waals surface area contributed by atoms with Crippen LogP contribution in [0.4, 0.5) is 5.69 Å². The molecule has 0 radical (unpaired) electrons. The lowest BCUT2D eigenvalue weighted by molar-refractivity contribution is -0.384. The number of hydrogen-bond donors (Lipinski definition) is 2. The molecule has 0 aromatic heterocycles. The molecule has 8 heteroatoms. The van der Waals surface area contributed by atoms with Crippen LogP contribution in [0, 0.1) is 10.1 Å². The summed E-state index contributed by atoms with van der Waals surface area (Å²) in [7, 11) is 0. The van der Waals surface area contributed by atoms with E-state index in [0.29, 0.717) is 0 Å². The molecule has 2 aromatic rings. The van der Waals surface area contributed by atoms with Gasteiger partial charge in [0, 0.05) is 23.3 Å². The predicted molar refractivity (Wildman–Crippen MR) is 76.9 cm³/mol. The molecule has 2 N–H and O–H groups in total. The number of carboxylic acids is 2. The summed E-state index contributed by atoms with van der Waals surface area (Å²) >= 11 is 0. The van der Waals surface area contributed by atoms with Gasteiger partial charge in [0.2, 0.25) is 0 Å². The molecule has 2 rings (SSSR count). The standard InChI is InChI=1S/C15H9NO7/c17-13(8-1-4-10(5-2-8)16(22)23)11-6-3-9(14(18)19)7-12(11)15(20)21/h1-7H,(H,18,19)(H,20,21). The van der Waals surface area contributed by atoms with Gasteiger partial charge in [0.15, 0.2) is 5.78 Å². The third-order valence-electron chi connectivity index (χ3n) is 3.08. The Morgan fingerprint density at radius 2 is 1.39 bits per heavy atom. The summed E-state index contributed by atoms with van der Waals surface area (Å²) in [5, 5.41) is 28.6. The average Bonchev–Trinajstić information content (AvgIpc) is 2.53. The Labute approximate surface area is 128 Å². The fraction of sp³-hybridized carbons (Fsp3) is 0. The number of rotatable bonds is 5. The molecule has 0 aliphatic heterocycles. The lowest BCUT2D eigenvalue weighted by atomic mass is 9.96. The monoisotopic (exact) mass is 315 g/mol. The normalized spacial score (nSPS) is 10.1. The summed E-state index contributed by atoms with van der Waals surface area (Å²) in [6.07, 6.45) is 0. The highest BCUT2D eigenvalue weighted by molar-refractivity contribution is 6.14. The van der Waals surface area contributed by atoms with Crippen LogP contribution in [0.25, 0.3) is 0 Å². The van der Waals surface area contributed by atoms with Crippen LogP contribution in [-0.4, -0.2) is 32.9 Å². The van der Waals surface area contributed by atoms with Crippen molar-refractivity contribution < 1.29 is 29.5 Å². The number of aromatic carboxylic acids is 2. The third-order valence-corrected chi connectivity index (χ3v) is 3.08. The van der Waals surface area contributed by atoms with E-state index in [9.17, 15) is 24.5 Å². The maximum Gasteiger partial charge on any atom is 0.336 e. The van der Waals surface area contributed by atoms with Crippen LogP contribution in [0.2, 0.25) is 0 Å². The lowest BCUT2D eigenvalue weighted by Gasteiger charge is -2.06. The summed E-state index contributed by atoms with van der Waals surface area (Å²) in [5.41, 5.74) is -1.06. The van der Waals surface area contributed by atoms with E-state index in [4.69, 9.17) is 10.2 Å². The van der Waals surface area contributed by atoms with Crippen molar-refractivity contribution in [2.75, 3.05) is 0 Å². The maximum absolute atomic E-state index is 12.4. The molecule has 0 heterocycles. The van der Waals surface area contributed by atoms with E-state index in [1.165, 1.54) is 12.1 Å². The second-order valence-corrected chi connectivity index (χ2v) is 4.50. The second-order valence-electron chi connectivity index (χ2n) is 4.50. The van der Waals surface area contributed by atoms with Gasteiger partial charge in [0.25, 0.3) is 5.69 Å². The van der Waals surface area contributed by atoms with Crippen molar-refractivity contribution in [2.24, 2.45) is 0 Å². The summed E-state index contributed by atoms with van der Waals surface area (Å²) < 4.78 is 0. The molecule has 23 heavy (non-hydrogen) atoms. The molecule has 8 nitrogen and oxygen atoms in total. The summed E-state index contributed by atoms with van der Waals surface area (Å²) in [6.45, 7) is 0. The van der Waals surface area contributed by atoms with E-state index in [-0.39, 0.29) is 22.4 Å². The molecule has 0 bridgehead atoms. The largest absolute Gasteiger partial charge is 0.478 e. The zero-order valence-electron chi connectivity index (χ0n) is 11.4. The van der Waals surface area contributed by atoms with Gasteiger partial charge in [-0.1, -0.05) is 0 Å². The van der Waals surface area contributed by atoms with Gasteiger partial charge in [-0.3, -0.25) is 14.9 Å². The first-order chi connectivity index (χ1) is 10.8. The summed E-state index contributed by atoms with van der Waals surface area (Å²) in [6, 6.07) is 7.78. The number of nitro benzene ring substituents is 1. The Morgan fingerprint density at radius 3 is 1.87 bits per heavy atom. The first-order valence-electron chi connectivity index (χ1n) is 6.21. The number of ketones is 1. The van der Waals surface area contributed by atoms with Gasteiger partial charge in [-0.15, -0.1) is 0 Å². The van der Waals surface area contributed by atoms with Crippen LogP contribution in [-0.2, 0) is 0 Å². The number of benzene rings is 2. The summed E-state index contributed by atoms with van der Waals surface area (Å²) in [4.78, 5) is 44.4. The van der Waals surface area contributed by atoms with Crippen molar-refractivity contribution in [3.63, 3.8) is 0 Å². The number of carboxylic acid groups (broad SMARTS) is 2. The average molecular weight is 315 g/mol. The molecular formula is C15H9NO7. The zero-order chi connectivity index (χ0) is 17.1. The van der Waals surface area contributed by atoms with E-state index >= 15 is 0 Å². The fourth-order valence-corrected chi connectivity index (χ4v) is 1.94. The molecule has 0 unspecified atom stereocenters. The number of nitro groups is 1. The Hall–Kier alpha value is -3.55. The molecule has 0 amide bonds. The van der Waals surface area contributed by atoms with E-state index in [1.807, 2.05) is 0 Å². The summed E-state index contributed by atoms with van der Waals surface area (Å²) in [5.74, 6) is -3.44. The fourth-order valence-electron chi connectivity index (χ4n) is 1.94.